The number of thiophene rings is 1. The van der Waals surface area contributed by atoms with Crippen LogP contribution in [0.5, 0.6) is 0 Å². The predicted octanol–water partition coefficient (Wildman–Crippen LogP) is 1.30. The molecule has 1 aliphatic rings. The number of piperazine rings is 1. The lowest BCUT2D eigenvalue weighted by Crippen LogP contribution is -2.44. The molecule has 1 atom stereocenters. The molecule has 0 radical (unpaired) electrons. The molecule has 0 amide bonds. The Morgan fingerprint density at radius 2 is 2.31 bits per heavy atom. The summed E-state index contributed by atoms with van der Waals surface area (Å²) in [6.45, 7) is 5.87. The summed E-state index contributed by atoms with van der Waals surface area (Å²) in [7, 11) is 2.06. The van der Waals surface area contributed by atoms with Crippen molar-refractivity contribution in [3.05, 3.63) is 22.4 Å². The fourth-order valence-electron chi connectivity index (χ4n) is 2.16. The lowest BCUT2D eigenvalue weighted by Gasteiger charge is -2.28. The number of rotatable bonds is 5. The minimum atomic E-state index is 0.523. The molecule has 0 bridgehead atoms. The van der Waals surface area contributed by atoms with E-state index in [1.165, 1.54) is 30.9 Å². The molecule has 0 saturated carbocycles. The predicted molar refractivity (Wildman–Crippen MR) is 70.0 cm³/mol. The average molecular weight is 239 g/mol. The second-order valence-electron chi connectivity index (χ2n) is 4.24. The first-order chi connectivity index (χ1) is 7.90. The second-order valence-corrected chi connectivity index (χ2v) is 5.22. The van der Waals surface area contributed by atoms with Crippen LogP contribution >= 0.6 is 11.3 Å². The molecule has 2 heterocycles. The van der Waals surface area contributed by atoms with Crippen LogP contribution in [0.3, 0.4) is 0 Å². The highest BCUT2D eigenvalue weighted by atomic mass is 32.1. The van der Waals surface area contributed by atoms with Crippen molar-refractivity contribution in [2.24, 2.45) is 0 Å². The molecular formula is C12H21N3S. The van der Waals surface area contributed by atoms with E-state index in [1.54, 1.807) is 0 Å². The van der Waals surface area contributed by atoms with Crippen molar-refractivity contribution in [1.29, 1.82) is 0 Å². The van der Waals surface area contributed by atoms with E-state index >= 15 is 0 Å². The van der Waals surface area contributed by atoms with E-state index in [0.717, 1.165) is 13.1 Å². The summed E-state index contributed by atoms with van der Waals surface area (Å²) < 4.78 is 0. The molecule has 3 nitrogen and oxygen atoms in total. The molecule has 1 saturated heterocycles. The van der Waals surface area contributed by atoms with E-state index in [9.17, 15) is 0 Å². The fraction of sp³-hybridized carbons (Fsp3) is 0.667. The summed E-state index contributed by atoms with van der Waals surface area (Å²) in [5.74, 6) is 0. The van der Waals surface area contributed by atoms with Gasteiger partial charge in [-0.3, -0.25) is 0 Å². The molecule has 1 aliphatic heterocycles. The Morgan fingerprint density at radius 3 is 2.94 bits per heavy atom. The quantitative estimate of drug-likeness (QED) is 0.811. The Kier molecular flexibility index (Phi) is 4.78. The Labute approximate surface area is 102 Å². The van der Waals surface area contributed by atoms with Crippen LogP contribution in [-0.2, 0) is 0 Å². The van der Waals surface area contributed by atoms with Gasteiger partial charge in [0.05, 0.1) is 0 Å². The van der Waals surface area contributed by atoms with Crippen molar-refractivity contribution >= 4 is 11.3 Å². The molecule has 0 aromatic carbocycles. The largest absolute Gasteiger partial charge is 0.314 e. The third-order valence-corrected chi connectivity index (χ3v) is 4.16. The highest BCUT2D eigenvalue weighted by Crippen LogP contribution is 2.21. The van der Waals surface area contributed by atoms with E-state index in [2.05, 4.69) is 40.1 Å². The van der Waals surface area contributed by atoms with Crippen molar-refractivity contribution < 1.29 is 0 Å². The Balaban J connectivity index is 1.78. The number of hydrogen-bond acceptors (Lipinski definition) is 4. The molecule has 0 aliphatic carbocycles. The Hall–Kier alpha value is -0.420. The van der Waals surface area contributed by atoms with E-state index in [0.29, 0.717) is 6.04 Å². The van der Waals surface area contributed by atoms with Gasteiger partial charge in [-0.15, -0.1) is 11.3 Å². The van der Waals surface area contributed by atoms with Gasteiger partial charge in [0.25, 0.3) is 0 Å². The van der Waals surface area contributed by atoms with Gasteiger partial charge in [0.1, 0.15) is 0 Å². The zero-order valence-electron chi connectivity index (χ0n) is 9.91. The first-order valence-corrected chi connectivity index (χ1v) is 6.92. The molecule has 2 rings (SSSR count). The van der Waals surface area contributed by atoms with Gasteiger partial charge in [0, 0.05) is 43.6 Å². The zero-order chi connectivity index (χ0) is 11.2. The second kappa shape index (κ2) is 6.35. The van der Waals surface area contributed by atoms with Crippen molar-refractivity contribution in [3.63, 3.8) is 0 Å². The summed E-state index contributed by atoms with van der Waals surface area (Å²) in [5.41, 5.74) is 0. The summed E-state index contributed by atoms with van der Waals surface area (Å²) in [6.07, 6.45) is 1.21. The third-order valence-electron chi connectivity index (χ3n) is 3.18. The third kappa shape index (κ3) is 3.28. The summed E-state index contributed by atoms with van der Waals surface area (Å²) in [6, 6.07) is 4.88. The van der Waals surface area contributed by atoms with Crippen molar-refractivity contribution in [2.45, 2.75) is 12.5 Å². The van der Waals surface area contributed by atoms with E-state index in [-0.39, 0.29) is 0 Å². The maximum absolute atomic E-state index is 3.41. The van der Waals surface area contributed by atoms with Crippen molar-refractivity contribution in [2.75, 3.05) is 39.8 Å². The molecule has 1 aromatic rings. The molecule has 1 unspecified atom stereocenters. The van der Waals surface area contributed by atoms with Gasteiger partial charge in [-0.2, -0.15) is 0 Å². The van der Waals surface area contributed by atoms with Gasteiger partial charge in [-0.1, -0.05) is 6.07 Å². The minimum Gasteiger partial charge on any atom is -0.314 e. The van der Waals surface area contributed by atoms with Gasteiger partial charge in [0.2, 0.25) is 0 Å². The van der Waals surface area contributed by atoms with Gasteiger partial charge in [0.15, 0.2) is 0 Å². The highest BCUT2D eigenvalue weighted by Gasteiger charge is 2.14. The van der Waals surface area contributed by atoms with Crippen LogP contribution in [0.4, 0.5) is 0 Å². The fourth-order valence-corrected chi connectivity index (χ4v) is 3.04. The molecule has 0 spiro atoms. The molecular weight excluding hydrogens is 218 g/mol. The molecule has 16 heavy (non-hydrogen) atoms. The maximum Gasteiger partial charge on any atom is 0.0424 e. The summed E-state index contributed by atoms with van der Waals surface area (Å²) >= 11 is 1.85. The molecule has 1 fully saturated rings. The van der Waals surface area contributed by atoms with Crippen LogP contribution in [0.25, 0.3) is 0 Å². The minimum absolute atomic E-state index is 0.523. The average Bonchev–Trinajstić information content (AvgIpc) is 2.85. The van der Waals surface area contributed by atoms with Gasteiger partial charge >= 0.3 is 0 Å². The first-order valence-electron chi connectivity index (χ1n) is 6.04. The lowest BCUT2D eigenvalue weighted by molar-refractivity contribution is 0.230. The van der Waals surface area contributed by atoms with Crippen LogP contribution in [0.15, 0.2) is 17.5 Å². The first kappa shape index (κ1) is 12.0. The van der Waals surface area contributed by atoms with E-state index < -0.39 is 0 Å². The summed E-state index contributed by atoms with van der Waals surface area (Å²) in [5, 5.41) is 8.96. The molecule has 90 valence electrons. The van der Waals surface area contributed by atoms with Crippen molar-refractivity contribution in [3.8, 4) is 0 Å². The van der Waals surface area contributed by atoms with Crippen LogP contribution in [0, 0.1) is 0 Å². The maximum atomic E-state index is 3.41. The molecule has 4 heteroatoms. The van der Waals surface area contributed by atoms with Crippen LogP contribution < -0.4 is 10.6 Å². The standard InChI is InChI=1S/C12H21N3S/c1-13-11(12-3-2-10-16-12)4-7-15-8-5-14-6-9-15/h2-3,10-11,13-14H,4-9H2,1H3. The number of nitrogens with zero attached hydrogens (tertiary/aromatic N) is 1. The normalized spacial score (nSPS) is 19.8. The van der Waals surface area contributed by atoms with Crippen LogP contribution in [-0.4, -0.2) is 44.7 Å². The van der Waals surface area contributed by atoms with E-state index in [4.69, 9.17) is 0 Å². The molecule has 2 N–H and O–H groups in total. The van der Waals surface area contributed by atoms with Crippen molar-refractivity contribution in [1.82, 2.24) is 15.5 Å². The SMILES string of the molecule is CNC(CCN1CCNCC1)c1cccs1. The zero-order valence-corrected chi connectivity index (χ0v) is 10.7. The van der Waals surface area contributed by atoms with Crippen LogP contribution in [0.1, 0.15) is 17.3 Å². The number of hydrogen-bond donors (Lipinski definition) is 2. The summed E-state index contributed by atoms with van der Waals surface area (Å²) in [4.78, 5) is 4.01. The number of nitrogens with one attached hydrogen (secondary N) is 2. The van der Waals surface area contributed by atoms with Crippen LogP contribution in [0.2, 0.25) is 0 Å². The van der Waals surface area contributed by atoms with Gasteiger partial charge < -0.3 is 15.5 Å². The van der Waals surface area contributed by atoms with Gasteiger partial charge in [-0.25, -0.2) is 0 Å². The lowest BCUT2D eigenvalue weighted by atomic mass is 10.1. The monoisotopic (exact) mass is 239 g/mol. The Morgan fingerprint density at radius 1 is 1.50 bits per heavy atom. The highest BCUT2D eigenvalue weighted by molar-refractivity contribution is 7.10. The smallest absolute Gasteiger partial charge is 0.0424 e. The van der Waals surface area contributed by atoms with E-state index in [1.807, 2.05) is 11.3 Å². The Bertz CT molecular complexity index is 280. The molecule has 1 aromatic heterocycles. The topological polar surface area (TPSA) is 27.3 Å². The van der Waals surface area contributed by atoms with Gasteiger partial charge in [-0.05, 0) is 24.9 Å².